The molecule has 0 aromatic carbocycles. The molecule has 0 heterocycles. The van der Waals surface area contributed by atoms with Crippen LogP contribution in [0.2, 0.25) is 0 Å². The van der Waals surface area contributed by atoms with Crippen LogP contribution in [0.25, 0.3) is 0 Å². The molecule has 0 spiro atoms. The molecule has 0 aromatic heterocycles. The summed E-state index contributed by atoms with van der Waals surface area (Å²) in [5, 5.41) is 8.94. The van der Waals surface area contributed by atoms with Crippen molar-refractivity contribution in [1.82, 2.24) is 0 Å². The first-order valence-corrected chi connectivity index (χ1v) is 7.54. The van der Waals surface area contributed by atoms with Crippen LogP contribution in [0.1, 0.15) is 61.3 Å². The lowest BCUT2D eigenvalue weighted by molar-refractivity contribution is -0.105. The fourth-order valence-corrected chi connectivity index (χ4v) is 1.86. The van der Waals surface area contributed by atoms with Crippen molar-refractivity contribution in [2.24, 2.45) is 11.3 Å². The van der Waals surface area contributed by atoms with Crippen molar-refractivity contribution in [3.05, 3.63) is 0 Å². The Hall–Kier alpha value is -0.120. The van der Waals surface area contributed by atoms with Gasteiger partial charge in [-0.25, -0.2) is 0 Å². The van der Waals surface area contributed by atoms with E-state index in [1.807, 2.05) is 13.8 Å². The van der Waals surface area contributed by atoms with Crippen molar-refractivity contribution in [2.75, 3.05) is 13.2 Å². The normalized spacial score (nSPS) is 17.5. The Morgan fingerprint density at radius 1 is 0.947 bits per heavy atom. The molecule has 3 unspecified atom stereocenters. The largest absolute Gasteiger partial charge is 0.394 e. The predicted octanol–water partition coefficient (Wildman–Crippen LogP) is 3.64. The fraction of sp³-hybridized carbons (Fsp3) is 1.00. The standard InChI is InChI=1S/C16H34O3/c1-12(2)8-9-15(16(5,6)7)19-14(4)11-18-13(3)10-17/h12-15,17H,8-11H2,1-7H3. The van der Waals surface area contributed by atoms with Crippen LogP contribution in [0.4, 0.5) is 0 Å². The quantitative estimate of drug-likeness (QED) is 0.697. The number of aliphatic hydroxyl groups is 1. The van der Waals surface area contributed by atoms with Crippen LogP contribution in [0, 0.1) is 11.3 Å². The van der Waals surface area contributed by atoms with Crippen molar-refractivity contribution in [3.8, 4) is 0 Å². The lowest BCUT2D eigenvalue weighted by Gasteiger charge is -2.34. The molecule has 0 aromatic rings. The van der Waals surface area contributed by atoms with Crippen molar-refractivity contribution >= 4 is 0 Å². The molecule has 1 N–H and O–H groups in total. The lowest BCUT2D eigenvalue weighted by atomic mass is 9.85. The van der Waals surface area contributed by atoms with Gasteiger partial charge in [0, 0.05) is 0 Å². The summed E-state index contributed by atoms with van der Waals surface area (Å²) in [6, 6.07) is 0. The molecular weight excluding hydrogens is 240 g/mol. The molecule has 0 saturated carbocycles. The van der Waals surface area contributed by atoms with Gasteiger partial charge in [0.25, 0.3) is 0 Å². The van der Waals surface area contributed by atoms with E-state index >= 15 is 0 Å². The van der Waals surface area contributed by atoms with Crippen LogP contribution in [-0.2, 0) is 9.47 Å². The van der Waals surface area contributed by atoms with Crippen LogP contribution in [0.5, 0.6) is 0 Å². The zero-order valence-electron chi connectivity index (χ0n) is 13.9. The molecule has 0 aliphatic heterocycles. The van der Waals surface area contributed by atoms with Crippen molar-refractivity contribution in [1.29, 1.82) is 0 Å². The second-order valence-electron chi connectivity index (χ2n) is 7.10. The van der Waals surface area contributed by atoms with Crippen LogP contribution < -0.4 is 0 Å². The summed E-state index contributed by atoms with van der Waals surface area (Å²) in [5.41, 5.74) is 0.145. The molecule has 19 heavy (non-hydrogen) atoms. The van der Waals surface area contributed by atoms with Gasteiger partial charge in [-0.15, -0.1) is 0 Å². The smallest absolute Gasteiger partial charge is 0.0784 e. The third kappa shape index (κ3) is 9.42. The first kappa shape index (κ1) is 18.9. The maximum atomic E-state index is 8.94. The van der Waals surface area contributed by atoms with E-state index < -0.39 is 0 Å². The third-order valence-electron chi connectivity index (χ3n) is 3.24. The Kier molecular flexibility index (Phi) is 8.88. The summed E-state index contributed by atoms with van der Waals surface area (Å²) >= 11 is 0. The second kappa shape index (κ2) is 8.93. The minimum absolute atomic E-state index is 0.0583. The molecule has 0 amide bonds. The van der Waals surface area contributed by atoms with E-state index in [0.29, 0.717) is 12.5 Å². The summed E-state index contributed by atoms with van der Waals surface area (Å²) < 4.78 is 11.7. The highest BCUT2D eigenvalue weighted by molar-refractivity contribution is 4.76. The number of aliphatic hydroxyl groups excluding tert-OH is 1. The average Bonchev–Trinajstić information content (AvgIpc) is 2.29. The Morgan fingerprint density at radius 3 is 1.95 bits per heavy atom. The van der Waals surface area contributed by atoms with Gasteiger partial charge in [-0.3, -0.25) is 0 Å². The van der Waals surface area contributed by atoms with Gasteiger partial charge in [0.1, 0.15) is 0 Å². The molecule has 3 nitrogen and oxygen atoms in total. The highest BCUT2D eigenvalue weighted by atomic mass is 16.5. The zero-order chi connectivity index (χ0) is 15.1. The SMILES string of the molecule is CC(C)CCC(OC(C)COC(C)CO)C(C)(C)C. The van der Waals surface area contributed by atoms with Crippen LogP contribution in [-0.4, -0.2) is 36.6 Å². The first-order valence-electron chi connectivity index (χ1n) is 7.54. The number of hydrogen-bond donors (Lipinski definition) is 1. The predicted molar refractivity (Wildman–Crippen MR) is 80.4 cm³/mol. The molecule has 0 saturated heterocycles. The lowest BCUT2D eigenvalue weighted by Crippen LogP contribution is -2.35. The van der Waals surface area contributed by atoms with E-state index in [-0.39, 0.29) is 30.3 Å². The number of ether oxygens (including phenoxy) is 2. The van der Waals surface area contributed by atoms with Gasteiger partial charge >= 0.3 is 0 Å². The van der Waals surface area contributed by atoms with Crippen LogP contribution in [0.15, 0.2) is 0 Å². The van der Waals surface area contributed by atoms with E-state index in [2.05, 4.69) is 34.6 Å². The van der Waals surface area contributed by atoms with Gasteiger partial charge in [-0.2, -0.15) is 0 Å². The Morgan fingerprint density at radius 2 is 1.53 bits per heavy atom. The van der Waals surface area contributed by atoms with E-state index in [1.165, 1.54) is 6.42 Å². The molecule has 116 valence electrons. The molecular formula is C16H34O3. The maximum absolute atomic E-state index is 8.94. The number of hydrogen-bond acceptors (Lipinski definition) is 3. The van der Waals surface area contributed by atoms with Gasteiger partial charge in [-0.05, 0) is 38.0 Å². The summed E-state index contributed by atoms with van der Waals surface area (Å²) in [5.74, 6) is 0.703. The summed E-state index contributed by atoms with van der Waals surface area (Å²) in [7, 11) is 0. The zero-order valence-corrected chi connectivity index (χ0v) is 13.9. The van der Waals surface area contributed by atoms with Crippen LogP contribution >= 0.6 is 0 Å². The van der Waals surface area contributed by atoms with Crippen molar-refractivity contribution < 1.29 is 14.6 Å². The minimum atomic E-state index is -0.116. The van der Waals surface area contributed by atoms with Gasteiger partial charge in [0.15, 0.2) is 0 Å². The highest BCUT2D eigenvalue weighted by Gasteiger charge is 2.27. The van der Waals surface area contributed by atoms with E-state index in [9.17, 15) is 0 Å². The molecule has 0 bridgehead atoms. The topological polar surface area (TPSA) is 38.7 Å². The molecule has 3 heteroatoms. The van der Waals surface area contributed by atoms with Crippen LogP contribution in [0.3, 0.4) is 0 Å². The minimum Gasteiger partial charge on any atom is -0.394 e. The highest BCUT2D eigenvalue weighted by Crippen LogP contribution is 2.28. The molecule has 0 fully saturated rings. The molecule has 0 radical (unpaired) electrons. The number of rotatable bonds is 9. The Balaban J connectivity index is 4.23. The van der Waals surface area contributed by atoms with E-state index in [1.54, 1.807) is 0 Å². The summed E-state index contributed by atoms with van der Waals surface area (Å²) in [4.78, 5) is 0. The van der Waals surface area contributed by atoms with Gasteiger partial charge < -0.3 is 14.6 Å². The van der Waals surface area contributed by atoms with Crippen molar-refractivity contribution in [2.45, 2.75) is 79.6 Å². The average molecular weight is 274 g/mol. The molecule has 3 atom stereocenters. The van der Waals surface area contributed by atoms with E-state index in [4.69, 9.17) is 14.6 Å². The summed E-state index contributed by atoms with van der Waals surface area (Å²) in [6.45, 7) is 15.7. The monoisotopic (exact) mass is 274 g/mol. The Bertz CT molecular complexity index is 221. The molecule has 0 aliphatic carbocycles. The summed E-state index contributed by atoms with van der Waals surface area (Å²) in [6.07, 6.45) is 2.46. The van der Waals surface area contributed by atoms with E-state index in [0.717, 1.165) is 6.42 Å². The van der Waals surface area contributed by atoms with Crippen molar-refractivity contribution in [3.63, 3.8) is 0 Å². The third-order valence-corrected chi connectivity index (χ3v) is 3.24. The Labute approximate surface area is 119 Å². The fourth-order valence-electron chi connectivity index (χ4n) is 1.86. The molecule has 0 aliphatic rings. The maximum Gasteiger partial charge on any atom is 0.0784 e. The first-order chi connectivity index (χ1) is 8.66. The molecule has 0 rings (SSSR count). The van der Waals surface area contributed by atoms with Gasteiger partial charge in [0.05, 0.1) is 31.5 Å². The van der Waals surface area contributed by atoms with Gasteiger partial charge in [0.2, 0.25) is 0 Å². The van der Waals surface area contributed by atoms with Gasteiger partial charge in [-0.1, -0.05) is 34.6 Å². The second-order valence-corrected chi connectivity index (χ2v) is 7.10.